The van der Waals surface area contributed by atoms with Crippen LogP contribution in [0.1, 0.15) is 11.1 Å². The Morgan fingerprint density at radius 3 is 2.44 bits per heavy atom. The molecule has 1 aromatic rings. The molecule has 0 saturated heterocycles. The van der Waals surface area contributed by atoms with E-state index < -0.39 is 9.84 Å². The lowest BCUT2D eigenvalue weighted by Gasteiger charge is -2.11. The molecule has 0 amide bonds. The van der Waals surface area contributed by atoms with E-state index in [9.17, 15) is 8.42 Å². The van der Waals surface area contributed by atoms with Gasteiger partial charge in [-0.25, -0.2) is 8.42 Å². The second-order valence-corrected chi connectivity index (χ2v) is 6.21. The molecule has 2 N–H and O–H groups in total. The standard InChI is InChI=1S/C11H17NO3S/c1-8-6-9(2)11(7-10(8)12)15-4-5-16(3,13)14/h6-7H,4-5,12H2,1-3H3. The lowest BCUT2D eigenvalue weighted by molar-refractivity contribution is 0.339. The van der Waals surface area contributed by atoms with Crippen molar-refractivity contribution in [1.29, 1.82) is 0 Å². The van der Waals surface area contributed by atoms with Crippen molar-refractivity contribution in [3.8, 4) is 5.75 Å². The number of benzene rings is 1. The SMILES string of the molecule is Cc1cc(C)c(OCCS(C)(=O)=O)cc1N. The predicted molar refractivity (Wildman–Crippen MR) is 65.5 cm³/mol. The number of nitrogens with two attached hydrogens (primary N) is 1. The Morgan fingerprint density at radius 2 is 1.88 bits per heavy atom. The Morgan fingerprint density at radius 1 is 1.25 bits per heavy atom. The van der Waals surface area contributed by atoms with Gasteiger partial charge in [0, 0.05) is 18.0 Å². The largest absolute Gasteiger partial charge is 0.492 e. The molecule has 0 unspecified atom stereocenters. The van der Waals surface area contributed by atoms with Crippen LogP contribution in [0.25, 0.3) is 0 Å². The molecular formula is C11H17NO3S. The summed E-state index contributed by atoms with van der Waals surface area (Å²) >= 11 is 0. The molecule has 0 atom stereocenters. The van der Waals surface area contributed by atoms with Gasteiger partial charge in [-0.1, -0.05) is 6.07 Å². The first kappa shape index (κ1) is 12.8. The second kappa shape index (κ2) is 4.74. The third-order valence-electron chi connectivity index (χ3n) is 2.28. The topological polar surface area (TPSA) is 69.4 Å². The number of anilines is 1. The number of hydrogen-bond donors (Lipinski definition) is 1. The van der Waals surface area contributed by atoms with Crippen molar-refractivity contribution in [2.75, 3.05) is 24.3 Å². The minimum absolute atomic E-state index is 0.0141. The Labute approximate surface area is 96.3 Å². The first-order valence-corrected chi connectivity index (χ1v) is 7.03. The molecule has 0 heterocycles. The minimum Gasteiger partial charge on any atom is -0.492 e. The highest BCUT2D eigenvalue weighted by molar-refractivity contribution is 7.90. The predicted octanol–water partition coefficient (Wildman–Crippen LogP) is 1.31. The van der Waals surface area contributed by atoms with E-state index in [2.05, 4.69) is 0 Å². The normalized spacial score (nSPS) is 11.4. The van der Waals surface area contributed by atoms with Gasteiger partial charge in [0.2, 0.25) is 0 Å². The fourth-order valence-electron chi connectivity index (χ4n) is 1.31. The van der Waals surface area contributed by atoms with Crippen LogP contribution < -0.4 is 10.5 Å². The van der Waals surface area contributed by atoms with Crippen molar-refractivity contribution < 1.29 is 13.2 Å². The molecule has 0 aliphatic rings. The fourth-order valence-corrected chi connectivity index (χ4v) is 1.69. The van der Waals surface area contributed by atoms with Crippen LogP contribution in [0.3, 0.4) is 0 Å². The Kier molecular flexibility index (Phi) is 3.80. The lowest BCUT2D eigenvalue weighted by Crippen LogP contribution is -2.12. The molecule has 1 rings (SSSR count). The van der Waals surface area contributed by atoms with Crippen molar-refractivity contribution in [2.24, 2.45) is 0 Å². The minimum atomic E-state index is -2.98. The average Bonchev–Trinajstić information content (AvgIpc) is 2.11. The van der Waals surface area contributed by atoms with Crippen LogP contribution in [0.2, 0.25) is 0 Å². The molecule has 4 nitrogen and oxygen atoms in total. The van der Waals surface area contributed by atoms with Crippen LogP contribution >= 0.6 is 0 Å². The number of sulfone groups is 1. The van der Waals surface area contributed by atoms with Crippen LogP contribution in [0.5, 0.6) is 5.75 Å². The molecule has 0 fully saturated rings. The van der Waals surface area contributed by atoms with Crippen molar-refractivity contribution in [3.05, 3.63) is 23.3 Å². The molecule has 90 valence electrons. The van der Waals surface area contributed by atoms with Gasteiger partial charge in [-0.2, -0.15) is 0 Å². The van der Waals surface area contributed by atoms with Crippen LogP contribution in [-0.2, 0) is 9.84 Å². The van der Waals surface area contributed by atoms with Crippen molar-refractivity contribution in [2.45, 2.75) is 13.8 Å². The molecular weight excluding hydrogens is 226 g/mol. The van der Waals surface area contributed by atoms with Gasteiger partial charge in [0.05, 0.1) is 5.75 Å². The van der Waals surface area contributed by atoms with E-state index in [1.54, 1.807) is 6.07 Å². The molecule has 0 aliphatic heterocycles. The van der Waals surface area contributed by atoms with Gasteiger partial charge in [-0.05, 0) is 25.0 Å². The molecule has 0 radical (unpaired) electrons. The summed E-state index contributed by atoms with van der Waals surface area (Å²) in [6.07, 6.45) is 1.19. The molecule has 0 spiro atoms. The zero-order valence-corrected chi connectivity index (χ0v) is 10.6. The third kappa shape index (κ3) is 3.73. The maximum Gasteiger partial charge on any atom is 0.150 e. The monoisotopic (exact) mass is 243 g/mol. The number of hydrogen-bond acceptors (Lipinski definition) is 4. The molecule has 0 bridgehead atoms. The Balaban J connectivity index is 2.71. The summed E-state index contributed by atoms with van der Waals surface area (Å²) in [6, 6.07) is 3.65. The fraction of sp³-hybridized carbons (Fsp3) is 0.455. The average molecular weight is 243 g/mol. The van der Waals surface area contributed by atoms with Gasteiger partial charge in [-0.3, -0.25) is 0 Å². The zero-order valence-electron chi connectivity index (χ0n) is 9.78. The Hall–Kier alpha value is -1.23. The summed E-state index contributed by atoms with van der Waals surface area (Å²) in [7, 11) is -2.98. The zero-order chi connectivity index (χ0) is 12.3. The first-order valence-electron chi connectivity index (χ1n) is 4.97. The summed E-state index contributed by atoms with van der Waals surface area (Å²) in [5.74, 6) is 0.659. The van der Waals surface area contributed by atoms with Gasteiger partial charge >= 0.3 is 0 Å². The highest BCUT2D eigenvalue weighted by Gasteiger charge is 2.06. The van der Waals surface area contributed by atoms with Crippen molar-refractivity contribution in [1.82, 2.24) is 0 Å². The van der Waals surface area contributed by atoms with E-state index in [1.165, 1.54) is 6.26 Å². The quantitative estimate of drug-likeness (QED) is 0.809. The molecule has 1 aromatic carbocycles. The highest BCUT2D eigenvalue weighted by atomic mass is 32.2. The number of aryl methyl sites for hydroxylation is 2. The maximum absolute atomic E-state index is 10.9. The summed E-state index contributed by atoms with van der Waals surface area (Å²) in [5, 5.41) is 0. The summed E-state index contributed by atoms with van der Waals surface area (Å²) in [4.78, 5) is 0. The maximum atomic E-state index is 10.9. The van der Waals surface area contributed by atoms with E-state index in [4.69, 9.17) is 10.5 Å². The summed E-state index contributed by atoms with van der Waals surface area (Å²) in [5.41, 5.74) is 8.35. The molecule has 0 aliphatic carbocycles. The number of rotatable bonds is 4. The molecule has 16 heavy (non-hydrogen) atoms. The molecule has 5 heteroatoms. The summed E-state index contributed by atoms with van der Waals surface area (Å²) in [6.45, 7) is 3.98. The lowest BCUT2D eigenvalue weighted by atomic mass is 10.1. The van der Waals surface area contributed by atoms with Gasteiger partial charge in [0.15, 0.2) is 9.84 Å². The van der Waals surface area contributed by atoms with Crippen LogP contribution in [0, 0.1) is 13.8 Å². The molecule has 0 saturated carbocycles. The first-order chi connectivity index (χ1) is 7.29. The van der Waals surface area contributed by atoms with Crippen LogP contribution in [0.15, 0.2) is 12.1 Å². The number of nitrogen functional groups attached to an aromatic ring is 1. The van der Waals surface area contributed by atoms with E-state index in [-0.39, 0.29) is 12.4 Å². The van der Waals surface area contributed by atoms with Gasteiger partial charge in [0.1, 0.15) is 12.4 Å². The van der Waals surface area contributed by atoms with Crippen LogP contribution in [-0.4, -0.2) is 27.0 Å². The van der Waals surface area contributed by atoms with Crippen molar-refractivity contribution in [3.63, 3.8) is 0 Å². The Bertz CT molecular complexity index is 480. The van der Waals surface area contributed by atoms with E-state index in [0.717, 1.165) is 11.1 Å². The van der Waals surface area contributed by atoms with E-state index in [0.29, 0.717) is 11.4 Å². The molecule has 0 aromatic heterocycles. The van der Waals surface area contributed by atoms with Gasteiger partial charge < -0.3 is 10.5 Å². The van der Waals surface area contributed by atoms with Crippen molar-refractivity contribution >= 4 is 15.5 Å². The van der Waals surface area contributed by atoms with E-state index >= 15 is 0 Å². The smallest absolute Gasteiger partial charge is 0.150 e. The van der Waals surface area contributed by atoms with Gasteiger partial charge in [0.25, 0.3) is 0 Å². The highest BCUT2D eigenvalue weighted by Crippen LogP contribution is 2.24. The number of ether oxygens (including phenoxy) is 1. The third-order valence-corrected chi connectivity index (χ3v) is 3.18. The summed E-state index contributed by atoms with van der Waals surface area (Å²) < 4.78 is 27.2. The second-order valence-electron chi connectivity index (χ2n) is 3.95. The van der Waals surface area contributed by atoms with Crippen LogP contribution in [0.4, 0.5) is 5.69 Å². The van der Waals surface area contributed by atoms with Gasteiger partial charge in [-0.15, -0.1) is 0 Å². The van der Waals surface area contributed by atoms with E-state index in [1.807, 2.05) is 19.9 Å².